The van der Waals surface area contributed by atoms with Crippen molar-refractivity contribution in [1.29, 1.82) is 5.26 Å². The Morgan fingerprint density at radius 3 is 2.89 bits per heavy atom. The molecule has 0 radical (unpaired) electrons. The number of nitrogens with zero attached hydrogens (tertiary/aromatic N) is 2. The first-order valence-corrected chi connectivity index (χ1v) is 6.22. The number of hydrogen-bond donors (Lipinski definition) is 1. The molecular weight excluding hydrogens is 262 g/mol. The zero-order chi connectivity index (χ0) is 14.5. The molecule has 0 saturated carbocycles. The second-order valence-electron chi connectivity index (χ2n) is 3.21. The van der Waals surface area contributed by atoms with Crippen LogP contribution in [0.25, 0.3) is 0 Å². The average Bonchev–Trinajstić information content (AvgIpc) is 2.37. The summed E-state index contributed by atoms with van der Waals surface area (Å²) < 4.78 is 0. The van der Waals surface area contributed by atoms with Crippen molar-refractivity contribution in [2.75, 3.05) is 6.54 Å². The van der Waals surface area contributed by atoms with E-state index in [2.05, 4.69) is 18.5 Å². The highest BCUT2D eigenvalue weighted by molar-refractivity contribution is 8.05. The molecule has 0 unspecified atom stereocenters. The third-order valence-corrected chi connectivity index (χ3v) is 2.48. The van der Waals surface area contributed by atoms with Gasteiger partial charge in [0.1, 0.15) is 0 Å². The largest absolute Gasteiger partial charge is 0.376 e. The van der Waals surface area contributed by atoms with Gasteiger partial charge in [0, 0.05) is 12.1 Å². The molecule has 0 saturated heterocycles. The predicted molar refractivity (Wildman–Crippen MR) is 78.5 cm³/mol. The Morgan fingerprint density at radius 2 is 2.32 bits per heavy atom. The Hall–Kier alpha value is -2.26. The number of thioether (sulfide) groups is 1. The first-order chi connectivity index (χ1) is 9.10. The second-order valence-corrected chi connectivity index (χ2v) is 4.21. The van der Waals surface area contributed by atoms with Crippen molar-refractivity contribution in [3.05, 3.63) is 69.8 Å². The van der Waals surface area contributed by atoms with Crippen LogP contribution in [0.3, 0.4) is 0 Å². The zero-order valence-electron chi connectivity index (χ0n) is 10.4. The fourth-order valence-corrected chi connectivity index (χ4v) is 1.46. The van der Waals surface area contributed by atoms with Crippen LogP contribution in [-0.2, 0) is 0 Å². The van der Waals surface area contributed by atoms with E-state index >= 15 is 0 Å². The topological polar surface area (TPSA) is 79.0 Å². The molecule has 5 nitrogen and oxygen atoms in total. The summed E-state index contributed by atoms with van der Waals surface area (Å²) in [4.78, 5) is 9.93. The molecule has 19 heavy (non-hydrogen) atoms. The molecule has 0 fully saturated rings. The summed E-state index contributed by atoms with van der Waals surface area (Å²) in [6.45, 7) is 7.56. The van der Waals surface area contributed by atoms with E-state index in [1.807, 2.05) is 6.07 Å². The van der Waals surface area contributed by atoms with Crippen molar-refractivity contribution >= 4 is 11.8 Å². The van der Waals surface area contributed by atoms with Gasteiger partial charge in [0.15, 0.2) is 0 Å². The molecule has 0 rings (SSSR count). The number of nitriles is 1. The smallest absolute Gasteiger partial charge is 0.239 e. The Bertz CT molecular complexity index is 459. The number of hydrogen-bond acceptors (Lipinski definition) is 5. The maximum absolute atomic E-state index is 10.4. The SMILES string of the molecule is C=C/C=C\C(=C\[N+](=O)[O-])CNC(=C)S/C=C\CC#N. The van der Waals surface area contributed by atoms with E-state index in [0.717, 1.165) is 6.20 Å². The summed E-state index contributed by atoms with van der Waals surface area (Å²) in [5.41, 5.74) is 0.507. The van der Waals surface area contributed by atoms with Crippen LogP contribution >= 0.6 is 11.8 Å². The van der Waals surface area contributed by atoms with Crippen LogP contribution in [0.1, 0.15) is 6.42 Å². The van der Waals surface area contributed by atoms with Crippen molar-refractivity contribution in [2.24, 2.45) is 0 Å². The van der Waals surface area contributed by atoms with Crippen molar-refractivity contribution in [3.8, 4) is 6.07 Å². The van der Waals surface area contributed by atoms with E-state index in [0.29, 0.717) is 23.6 Å². The highest BCUT2D eigenvalue weighted by Gasteiger charge is 1.99. The quantitative estimate of drug-likeness (QED) is 0.398. The number of allylic oxidation sites excluding steroid dienone is 3. The molecule has 0 aliphatic carbocycles. The molecule has 0 spiro atoms. The highest BCUT2D eigenvalue weighted by Crippen LogP contribution is 2.12. The summed E-state index contributed by atoms with van der Waals surface area (Å²) in [7, 11) is 0. The first kappa shape index (κ1) is 16.7. The summed E-state index contributed by atoms with van der Waals surface area (Å²) in [6, 6.07) is 1.98. The van der Waals surface area contributed by atoms with Gasteiger partial charge in [-0.2, -0.15) is 5.26 Å². The Balaban J connectivity index is 4.29. The van der Waals surface area contributed by atoms with E-state index in [4.69, 9.17) is 5.26 Å². The van der Waals surface area contributed by atoms with Crippen molar-refractivity contribution in [3.63, 3.8) is 0 Å². The van der Waals surface area contributed by atoms with Gasteiger partial charge in [-0.15, -0.1) is 0 Å². The van der Waals surface area contributed by atoms with Gasteiger partial charge in [-0.3, -0.25) is 10.1 Å². The van der Waals surface area contributed by atoms with Crippen LogP contribution < -0.4 is 5.32 Å². The molecule has 0 atom stereocenters. The zero-order valence-corrected chi connectivity index (χ0v) is 11.2. The van der Waals surface area contributed by atoms with E-state index in [1.165, 1.54) is 11.8 Å². The lowest BCUT2D eigenvalue weighted by molar-refractivity contribution is -0.403. The van der Waals surface area contributed by atoms with E-state index in [-0.39, 0.29) is 0 Å². The molecule has 0 amide bonds. The average molecular weight is 277 g/mol. The number of rotatable bonds is 9. The second kappa shape index (κ2) is 10.9. The molecule has 0 aromatic rings. The Morgan fingerprint density at radius 1 is 1.58 bits per heavy atom. The third kappa shape index (κ3) is 10.6. The number of nitrogens with one attached hydrogen (secondary N) is 1. The van der Waals surface area contributed by atoms with E-state index in [1.54, 1.807) is 29.7 Å². The molecule has 0 bridgehead atoms. The first-order valence-electron chi connectivity index (χ1n) is 5.34. The Labute approximate surface area is 116 Å². The third-order valence-electron chi connectivity index (χ3n) is 1.72. The lowest BCUT2D eigenvalue weighted by atomic mass is 10.2. The minimum atomic E-state index is -0.507. The van der Waals surface area contributed by atoms with Crippen molar-refractivity contribution in [2.45, 2.75) is 6.42 Å². The fraction of sp³-hybridized carbons (Fsp3) is 0.154. The standard InChI is InChI=1S/C13H15N3O2S/c1-3-4-7-13(11-16(17)18)10-15-12(2)19-9-6-5-8-14/h3-4,6-7,9,11,15H,1-2,5,10H2/b7-4-,9-6-,13-11-. The predicted octanol–water partition coefficient (Wildman–Crippen LogP) is 3.11. The molecule has 6 heteroatoms. The molecule has 0 aromatic heterocycles. The van der Waals surface area contributed by atoms with Gasteiger partial charge in [0.25, 0.3) is 0 Å². The lowest BCUT2D eigenvalue weighted by Gasteiger charge is -2.06. The summed E-state index contributed by atoms with van der Waals surface area (Å²) in [5.74, 6) is 0. The van der Waals surface area contributed by atoms with E-state index < -0.39 is 4.92 Å². The fourth-order valence-electron chi connectivity index (χ4n) is 0.948. The van der Waals surface area contributed by atoms with Gasteiger partial charge >= 0.3 is 0 Å². The normalized spacial score (nSPS) is 11.4. The van der Waals surface area contributed by atoms with Gasteiger partial charge in [0.2, 0.25) is 6.20 Å². The monoisotopic (exact) mass is 277 g/mol. The molecule has 0 aliphatic heterocycles. The minimum absolute atomic E-state index is 0.295. The van der Waals surface area contributed by atoms with Crippen LogP contribution in [0, 0.1) is 21.4 Å². The van der Waals surface area contributed by atoms with Crippen molar-refractivity contribution < 1.29 is 4.92 Å². The van der Waals surface area contributed by atoms with Crippen LogP contribution in [0.5, 0.6) is 0 Å². The maximum atomic E-state index is 10.4. The van der Waals surface area contributed by atoms with Gasteiger partial charge in [-0.05, 0) is 5.41 Å². The molecule has 0 heterocycles. The van der Waals surface area contributed by atoms with Crippen LogP contribution in [0.15, 0.2) is 59.7 Å². The van der Waals surface area contributed by atoms with Gasteiger partial charge < -0.3 is 5.32 Å². The summed E-state index contributed by atoms with van der Waals surface area (Å²) >= 11 is 1.32. The lowest BCUT2D eigenvalue weighted by Crippen LogP contribution is -2.13. The molecule has 0 aliphatic rings. The molecule has 1 N–H and O–H groups in total. The maximum Gasteiger partial charge on any atom is 0.239 e. The number of nitro groups is 1. The van der Waals surface area contributed by atoms with Gasteiger partial charge in [-0.1, -0.05) is 49.2 Å². The minimum Gasteiger partial charge on any atom is -0.376 e. The molecule has 0 aromatic carbocycles. The molecular formula is C13H15N3O2S. The van der Waals surface area contributed by atoms with Crippen molar-refractivity contribution in [1.82, 2.24) is 5.32 Å². The molecule has 100 valence electrons. The summed E-state index contributed by atoms with van der Waals surface area (Å²) in [6.07, 6.45) is 7.75. The highest BCUT2D eigenvalue weighted by atomic mass is 32.2. The Kier molecular flexibility index (Phi) is 9.57. The van der Waals surface area contributed by atoms with Crippen LogP contribution in [-0.4, -0.2) is 11.5 Å². The van der Waals surface area contributed by atoms with Crippen LogP contribution in [0.2, 0.25) is 0 Å². The van der Waals surface area contributed by atoms with Gasteiger partial charge in [-0.25, -0.2) is 0 Å². The van der Waals surface area contributed by atoms with E-state index in [9.17, 15) is 10.1 Å². The van der Waals surface area contributed by atoms with Gasteiger partial charge in [0.05, 0.1) is 22.4 Å². The van der Waals surface area contributed by atoms with Crippen LogP contribution in [0.4, 0.5) is 0 Å². The summed E-state index contributed by atoms with van der Waals surface area (Å²) in [5, 5.41) is 24.1.